The van der Waals surface area contributed by atoms with Gasteiger partial charge in [-0.1, -0.05) is 24.3 Å². The number of pyridine rings is 1. The van der Waals surface area contributed by atoms with Gasteiger partial charge in [-0.25, -0.2) is 0 Å². The lowest BCUT2D eigenvalue weighted by atomic mass is 9.80. The van der Waals surface area contributed by atoms with E-state index in [9.17, 15) is 27.6 Å². The predicted molar refractivity (Wildman–Crippen MR) is 127 cm³/mol. The highest BCUT2D eigenvalue weighted by molar-refractivity contribution is 5.99. The van der Waals surface area contributed by atoms with E-state index < -0.39 is 17.2 Å². The Morgan fingerprint density at radius 3 is 2.42 bits per heavy atom. The number of amides is 1. The van der Waals surface area contributed by atoms with Gasteiger partial charge in [0.25, 0.3) is 0 Å². The molecule has 0 radical (unpaired) electrons. The Morgan fingerprint density at radius 2 is 1.78 bits per heavy atom. The van der Waals surface area contributed by atoms with Crippen LogP contribution in [0, 0.1) is 5.41 Å². The van der Waals surface area contributed by atoms with Gasteiger partial charge < -0.3 is 20.4 Å². The third kappa shape index (κ3) is 5.83. The summed E-state index contributed by atoms with van der Waals surface area (Å²) in [7, 11) is 0. The molecule has 3 aromatic rings. The maximum Gasteiger partial charge on any atom is 0.418 e. The number of aromatic amines is 1. The van der Waals surface area contributed by atoms with Crippen molar-refractivity contribution >= 4 is 23.1 Å². The van der Waals surface area contributed by atoms with Gasteiger partial charge in [-0.15, -0.1) is 0 Å². The van der Waals surface area contributed by atoms with Crippen LogP contribution in [0.4, 0.5) is 24.5 Å². The van der Waals surface area contributed by atoms with Crippen molar-refractivity contribution in [3.63, 3.8) is 0 Å². The highest BCUT2D eigenvalue weighted by atomic mass is 19.4. The fourth-order valence-corrected chi connectivity index (χ4v) is 4.07. The van der Waals surface area contributed by atoms with Crippen LogP contribution in [0.25, 0.3) is 0 Å². The molecule has 188 valence electrons. The summed E-state index contributed by atoms with van der Waals surface area (Å²) in [6, 6.07) is 14.5. The van der Waals surface area contributed by atoms with Crippen molar-refractivity contribution in [2.24, 2.45) is 5.41 Å². The molecule has 1 aromatic heterocycles. The summed E-state index contributed by atoms with van der Waals surface area (Å²) < 4.78 is 45.1. The monoisotopic (exact) mass is 499 g/mol. The molecule has 0 saturated carbocycles. The van der Waals surface area contributed by atoms with Crippen LogP contribution in [0.3, 0.4) is 0 Å². The molecule has 0 unspecified atom stereocenters. The lowest BCUT2D eigenvalue weighted by Crippen LogP contribution is -2.42. The third-order valence-electron chi connectivity index (χ3n) is 6.11. The molecule has 2 heterocycles. The van der Waals surface area contributed by atoms with E-state index in [0.717, 1.165) is 11.6 Å². The number of carbonyl (C=O) groups excluding carboxylic acids is 2. The van der Waals surface area contributed by atoms with Crippen molar-refractivity contribution < 1.29 is 27.5 Å². The zero-order chi connectivity index (χ0) is 25.8. The fourth-order valence-electron chi connectivity index (χ4n) is 4.07. The zero-order valence-corrected chi connectivity index (χ0v) is 19.2. The number of aromatic nitrogens is 1. The standard InChI is InChI=1S/C26H24F3N3O4/c27-26(28,29)20-3-1-2-4-21(20)32-19-8-5-17(6-9-19)14-31-24(35)25(11-12-36-16-25)13-22(33)18-7-10-23(34)30-15-18/h1-10,15,32H,11-14,16H2,(H,30,34)(H,31,35)/t25-/m0/s1. The van der Waals surface area contributed by atoms with Crippen molar-refractivity contribution in [2.45, 2.75) is 25.6 Å². The van der Waals surface area contributed by atoms with Gasteiger partial charge in [0.15, 0.2) is 5.78 Å². The summed E-state index contributed by atoms with van der Waals surface area (Å²) in [6.07, 6.45) is -2.83. The molecule has 1 fully saturated rings. The largest absolute Gasteiger partial charge is 0.418 e. The number of Topliss-reactive ketones (excluding diaryl/α,β-unsaturated/α-hetero) is 1. The van der Waals surface area contributed by atoms with Crippen LogP contribution in [-0.4, -0.2) is 29.9 Å². The highest BCUT2D eigenvalue weighted by Crippen LogP contribution is 2.36. The molecule has 1 atom stereocenters. The molecule has 0 bridgehead atoms. The number of anilines is 2. The maximum atomic E-state index is 13.2. The number of nitrogens with one attached hydrogen (secondary N) is 3. The molecule has 0 aliphatic carbocycles. The second-order valence-electron chi connectivity index (χ2n) is 8.67. The quantitative estimate of drug-likeness (QED) is 0.398. The number of H-pyrrole nitrogens is 1. The number of ketones is 1. The summed E-state index contributed by atoms with van der Waals surface area (Å²) in [5.41, 5.74) is -0.648. The van der Waals surface area contributed by atoms with Gasteiger partial charge in [0.2, 0.25) is 11.5 Å². The van der Waals surface area contributed by atoms with E-state index in [0.29, 0.717) is 24.3 Å². The first kappa shape index (κ1) is 25.2. The maximum absolute atomic E-state index is 13.2. The minimum absolute atomic E-state index is 0.0543. The van der Waals surface area contributed by atoms with Crippen molar-refractivity contribution in [3.05, 3.63) is 93.9 Å². The zero-order valence-electron chi connectivity index (χ0n) is 19.2. The Labute approximate surface area is 204 Å². The number of benzene rings is 2. The average Bonchev–Trinajstić information content (AvgIpc) is 3.33. The molecule has 1 aliphatic rings. The van der Waals surface area contributed by atoms with E-state index >= 15 is 0 Å². The Bertz CT molecular complexity index is 1280. The number of halogens is 3. The van der Waals surface area contributed by atoms with Crippen LogP contribution in [0.2, 0.25) is 0 Å². The normalized spacial score (nSPS) is 17.5. The topological polar surface area (TPSA) is 100 Å². The average molecular weight is 499 g/mol. The van der Waals surface area contributed by atoms with Crippen LogP contribution in [0.5, 0.6) is 0 Å². The third-order valence-corrected chi connectivity index (χ3v) is 6.11. The molecule has 3 N–H and O–H groups in total. The van der Waals surface area contributed by atoms with Gasteiger partial charge in [-0.2, -0.15) is 13.2 Å². The first-order chi connectivity index (χ1) is 17.2. The summed E-state index contributed by atoms with van der Waals surface area (Å²) in [5, 5.41) is 5.63. The van der Waals surface area contributed by atoms with E-state index in [4.69, 9.17) is 4.74 Å². The van der Waals surface area contributed by atoms with Gasteiger partial charge in [0, 0.05) is 43.1 Å². The molecule has 36 heavy (non-hydrogen) atoms. The number of para-hydroxylation sites is 1. The molecule has 1 aliphatic heterocycles. The Balaban J connectivity index is 1.39. The Kier molecular flexibility index (Phi) is 7.25. The van der Waals surface area contributed by atoms with Crippen LogP contribution in [0.1, 0.15) is 34.3 Å². The lowest BCUT2D eigenvalue weighted by molar-refractivity contribution is -0.137. The summed E-state index contributed by atoms with van der Waals surface area (Å²) in [4.78, 5) is 39.5. The van der Waals surface area contributed by atoms with Gasteiger partial charge in [0.1, 0.15) is 0 Å². The van der Waals surface area contributed by atoms with Crippen molar-refractivity contribution in [1.82, 2.24) is 10.3 Å². The van der Waals surface area contributed by atoms with Crippen LogP contribution < -0.4 is 16.2 Å². The smallest absolute Gasteiger partial charge is 0.380 e. The SMILES string of the molecule is O=C(C[C@@]1(C(=O)NCc2ccc(Nc3ccccc3C(F)(F)F)cc2)CCOC1)c1ccc(=O)[nH]c1. The molecule has 7 nitrogen and oxygen atoms in total. The second kappa shape index (κ2) is 10.4. The van der Waals surface area contributed by atoms with Crippen molar-refractivity contribution in [1.29, 1.82) is 0 Å². The van der Waals surface area contributed by atoms with Gasteiger partial charge >= 0.3 is 6.18 Å². The number of carbonyl (C=O) groups is 2. The van der Waals surface area contributed by atoms with Crippen molar-refractivity contribution in [3.8, 4) is 0 Å². The number of alkyl halides is 3. The number of hydrogen-bond acceptors (Lipinski definition) is 5. The van der Waals surface area contributed by atoms with Gasteiger partial charge in [0.05, 0.1) is 23.3 Å². The second-order valence-corrected chi connectivity index (χ2v) is 8.67. The van der Waals surface area contributed by atoms with Crippen LogP contribution >= 0.6 is 0 Å². The first-order valence-electron chi connectivity index (χ1n) is 11.3. The minimum Gasteiger partial charge on any atom is -0.380 e. The molecule has 0 spiro atoms. The highest BCUT2D eigenvalue weighted by Gasteiger charge is 2.44. The van der Waals surface area contributed by atoms with E-state index in [1.165, 1.54) is 36.5 Å². The first-order valence-corrected chi connectivity index (χ1v) is 11.3. The molecular formula is C26H24F3N3O4. The summed E-state index contributed by atoms with van der Waals surface area (Å²) in [6.45, 7) is 0.633. The van der Waals surface area contributed by atoms with Gasteiger partial charge in [-0.05, 0) is 42.3 Å². The number of hydrogen-bond donors (Lipinski definition) is 3. The molecule has 4 rings (SSSR count). The van der Waals surface area contributed by atoms with E-state index in [1.807, 2.05) is 0 Å². The van der Waals surface area contributed by atoms with E-state index in [2.05, 4.69) is 15.6 Å². The molecular weight excluding hydrogens is 475 g/mol. The van der Waals surface area contributed by atoms with Gasteiger partial charge in [-0.3, -0.25) is 14.4 Å². The van der Waals surface area contributed by atoms with Crippen LogP contribution in [-0.2, 0) is 22.3 Å². The number of ether oxygens (including phenoxy) is 1. The van der Waals surface area contributed by atoms with E-state index in [1.54, 1.807) is 24.3 Å². The Hall–Kier alpha value is -3.92. The minimum atomic E-state index is -4.48. The Morgan fingerprint density at radius 1 is 1.03 bits per heavy atom. The fraction of sp³-hybridized carbons (Fsp3) is 0.269. The lowest BCUT2D eigenvalue weighted by Gasteiger charge is -2.25. The molecule has 10 heteroatoms. The van der Waals surface area contributed by atoms with E-state index in [-0.39, 0.29) is 42.5 Å². The summed E-state index contributed by atoms with van der Waals surface area (Å²) in [5.74, 6) is -0.597. The van der Waals surface area contributed by atoms with Crippen molar-refractivity contribution in [2.75, 3.05) is 18.5 Å². The predicted octanol–water partition coefficient (Wildman–Crippen LogP) is 4.43. The number of rotatable bonds is 8. The molecule has 1 saturated heterocycles. The molecule has 1 amide bonds. The van der Waals surface area contributed by atoms with Crippen LogP contribution in [0.15, 0.2) is 71.7 Å². The summed E-state index contributed by atoms with van der Waals surface area (Å²) >= 11 is 0. The molecule has 2 aromatic carbocycles.